The summed E-state index contributed by atoms with van der Waals surface area (Å²) in [4.78, 5) is 38.6. The summed E-state index contributed by atoms with van der Waals surface area (Å²) in [6, 6.07) is 0. The number of hydrogen-bond donors (Lipinski definition) is 3. The van der Waals surface area contributed by atoms with Gasteiger partial charge in [-0.25, -0.2) is 0 Å². The van der Waals surface area contributed by atoms with E-state index in [4.69, 9.17) is 14.2 Å². The third kappa shape index (κ3) is 11.2. The van der Waals surface area contributed by atoms with Crippen molar-refractivity contribution in [2.75, 3.05) is 26.4 Å². The van der Waals surface area contributed by atoms with Crippen molar-refractivity contribution in [3.8, 4) is 0 Å². The molecule has 2 aliphatic rings. The Balaban J connectivity index is 1.81. The van der Waals surface area contributed by atoms with E-state index in [-0.39, 0.29) is 68.9 Å². The van der Waals surface area contributed by atoms with Gasteiger partial charge in [-0.1, -0.05) is 39.0 Å². The molecule has 2 aliphatic carbocycles. The lowest BCUT2D eigenvalue weighted by atomic mass is 9.66. The lowest BCUT2D eigenvalue weighted by molar-refractivity contribution is -0.758. The largest absolute Gasteiger partial charge is 0.463 e. The Bertz CT molecular complexity index is 861. The quantitative estimate of drug-likeness (QED) is 0.103. The summed E-state index contributed by atoms with van der Waals surface area (Å²) in [5.74, 6) is -1.02. The van der Waals surface area contributed by atoms with Crippen molar-refractivity contribution in [3.05, 3.63) is 33.9 Å². The van der Waals surface area contributed by atoms with E-state index in [1.807, 2.05) is 26.0 Å². The van der Waals surface area contributed by atoms with Gasteiger partial charge < -0.3 is 34.4 Å². The smallest absolute Gasteiger partial charge is 0.308 e. The van der Waals surface area contributed by atoms with Gasteiger partial charge in [-0.05, 0) is 43.1 Å². The van der Waals surface area contributed by atoms with E-state index in [2.05, 4.69) is 17.8 Å². The number of allylic oxidation sites excluding steroid dienone is 2. The first-order valence-electron chi connectivity index (χ1n) is 13.7. The van der Waals surface area contributed by atoms with Crippen LogP contribution in [0.25, 0.3) is 0 Å². The van der Waals surface area contributed by atoms with Crippen LogP contribution < -0.4 is 0 Å². The van der Waals surface area contributed by atoms with E-state index in [1.54, 1.807) is 0 Å². The van der Waals surface area contributed by atoms with Crippen LogP contribution in [0.15, 0.2) is 23.8 Å². The maximum absolute atomic E-state index is 12.6. The predicted molar refractivity (Wildman–Crippen MR) is 139 cm³/mol. The van der Waals surface area contributed by atoms with Crippen LogP contribution >= 0.6 is 0 Å². The first-order valence-corrected chi connectivity index (χ1v) is 13.7. The van der Waals surface area contributed by atoms with E-state index < -0.39 is 35.5 Å². The second-order valence-corrected chi connectivity index (χ2v) is 10.4. The summed E-state index contributed by atoms with van der Waals surface area (Å²) in [7, 11) is 0. The van der Waals surface area contributed by atoms with Crippen molar-refractivity contribution in [2.24, 2.45) is 23.7 Å². The number of rotatable bonds is 17. The summed E-state index contributed by atoms with van der Waals surface area (Å²) < 4.78 is 15.9. The minimum atomic E-state index is -1.09. The zero-order chi connectivity index (χ0) is 28.9. The minimum absolute atomic E-state index is 0.000718. The van der Waals surface area contributed by atoms with Gasteiger partial charge in [-0.2, -0.15) is 0 Å². The van der Waals surface area contributed by atoms with Crippen molar-refractivity contribution in [1.29, 1.82) is 0 Å². The number of aliphatic hydroxyl groups is 3. The standard InChI is InChI=1S/C27H43NO11/c1-4-17(2)27(33)39-24-15-21(30)13-19-6-5-18(3)23(26(19)24)8-7-20(29)14-22(31)16-25(32)37-11-9-36-10-12-38-28(34)35/h5-6,13,17-18,20-24,26,29-31H,4,7-12,14-16H2,1-3H3/t17-,18-,20?,21+,22-,23-,24-,26-/m0/s1. The Hall–Kier alpha value is -2.54. The fourth-order valence-electron chi connectivity index (χ4n) is 5.06. The predicted octanol–water partition coefficient (Wildman–Crippen LogP) is 2.12. The van der Waals surface area contributed by atoms with Crippen molar-refractivity contribution in [3.63, 3.8) is 0 Å². The molecule has 39 heavy (non-hydrogen) atoms. The van der Waals surface area contributed by atoms with Crippen molar-refractivity contribution in [1.82, 2.24) is 0 Å². The number of carbonyl (C=O) groups excluding carboxylic acids is 2. The molecule has 0 aromatic carbocycles. The molecule has 8 atom stereocenters. The van der Waals surface area contributed by atoms with E-state index in [0.29, 0.717) is 25.7 Å². The Morgan fingerprint density at radius 1 is 1.18 bits per heavy atom. The zero-order valence-corrected chi connectivity index (χ0v) is 23.0. The van der Waals surface area contributed by atoms with Crippen LogP contribution in [0.1, 0.15) is 59.3 Å². The summed E-state index contributed by atoms with van der Waals surface area (Å²) in [5, 5.41) is 40.3. The molecule has 0 saturated heterocycles. The fraction of sp³-hybridized carbons (Fsp3) is 0.778. The van der Waals surface area contributed by atoms with Gasteiger partial charge in [0.05, 0.1) is 43.9 Å². The molecule has 12 heteroatoms. The van der Waals surface area contributed by atoms with Gasteiger partial charge in [0.1, 0.15) is 19.3 Å². The van der Waals surface area contributed by atoms with Crippen molar-refractivity contribution in [2.45, 2.75) is 83.7 Å². The molecule has 12 nitrogen and oxygen atoms in total. The van der Waals surface area contributed by atoms with Gasteiger partial charge in [-0.15, -0.1) is 10.1 Å². The van der Waals surface area contributed by atoms with Crippen LogP contribution in [0, 0.1) is 33.8 Å². The summed E-state index contributed by atoms with van der Waals surface area (Å²) in [6.45, 7) is 5.53. The highest BCUT2D eigenvalue weighted by Gasteiger charge is 2.42. The normalized spacial score (nSPS) is 26.5. The van der Waals surface area contributed by atoms with E-state index >= 15 is 0 Å². The molecular formula is C27H43NO11. The van der Waals surface area contributed by atoms with Crippen LogP contribution in [0.2, 0.25) is 0 Å². The lowest BCUT2D eigenvalue weighted by Crippen LogP contribution is -2.43. The number of aliphatic hydroxyl groups excluding tert-OH is 3. The molecule has 0 saturated carbocycles. The number of hydrogen-bond acceptors (Lipinski definition) is 11. The molecule has 0 heterocycles. The topological polar surface area (TPSA) is 175 Å². The minimum Gasteiger partial charge on any atom is -0.463 e. The molecule has 2 rings (SSSR count). The van der Waals surface area contributed by atoms with Gasteiger partial charge >= 0.3 is 11.9 Å². The van der Waals surface area contributed by atoms with Crippen LogP contribution in [0.4, 0.5) is 0 Å². The molecule has 0 aromatic heterocycles. The molecule has 0 aromatic rings. The highest BCUT2D eigenvalue weighted by molar-refractivity contribution is 5.72. The summed E-state index contributed by atoms with van der Waals surface area (Å²) in [6.07, 6.45) is 4.46. The number of fused-ring (bicyclic) bond motifs is 1. The fourth-order valence-corrected chi connectivity index (χ4v) is 5.06. The van der Waals surface area contributed by atoms with Gasteiger partial charge in [-0.3, -0.25) is 9.59 Å². The highest BCUT2D eigenvalue weighted by atomic mass is 17.0. The SMILES string of the molecule is CC[C@H](C)C(=O)O[C@H]1C[C@H](O)C=C2C=C[C@H](C)[C@H](CCC(O)C[C@H](O)CC(=O)OCCOCCO[N+](=O)[O-])[C@H]21. The molecule has 0 aliphatic heterocycles. The monoisotopic (exact) mass is 557 g/mol. The molecule has 1 unspecified atom stereocenters. The molecule has 0 spiro atoms. The number of esters is 2. The lowest BCUT2D eigenvalue weighted by Gasteiger charge is -2.43. The Labute approximate surface area is 229 Å². The van der Waals surface area contributed by atoms with Gasteiger partial charge in [0.2, 0.25) is 0 Å². The number of nitrogens with zero attached hydrogens (tertiary/aromatic N) is 1. The van der Waals surface area contributed by atoms with E-state index in [1.165, 1.54) is 0 Å². The summed E-state index contributed by atoms with van der Waals surface area (Å²) >= 11 is 0. The average molecular weight is 558 g/mol. The molecule has 0 radical (unpaired) electrons. The van der Waals surface area contributed by atoms with Crippen molar-refractivity contribution >= 4 is 11.9 Å². The van der Waals surface area contributed by atoms with Crippen molar-refractivity contribution < 1.29 is 49.0 Å². The van der Waals surface area contributed by atoms with Gasteiger partial charge in [0.25, 0.3) is 5.09 Å². The third-order valence-corrected chi connectivity index (χ3v) is 7.35. The molecular weight excluding hydrogens is 514 g/mol. The van der Waals surface area contributed by atoms with Crippen LogP contribution in [-0.2, 0) is 28.6 Å². The summed E-state index contributed by atoms with van der Waals surface area (Å²) in [5.41, 5.74) is 0.936. The number of carbonyl (C=O) groups is 2. The second kappa shape index (κ2) is 16.5. The third-order valence-electron chi connectivity index (χ3n) is 7.35. The van der Waals surface area contributed by atoms with Crippen LogP contribution in [0.5, 0.6) is 0 Å². The van der Waals surface area contributed by atoms with E-state index in [9.17, 15) is 35.0 Å². The first-order chi connectivity index (χ1) is 18.5. The maximum Gasteiger partial charge on any atom is 0.308 e. The Kier molecular flexibility index (Phi) is 13.9. The number of ether oxygens (including phenoxy) is 3. The zero-order valence-electron chi connectivity index (χ0n) is 23.0. The van der Waals surface area contributed by atoms with Crippen LogP contribution in [0.3, 0.4) is 0 Å². The molecule has 0 amide bonds. The second-order valence-electron chi connectivity index (χ2n) is 10.4. The molecule has 0 bridgehead atoms. The molecule has 222 valence electrons. The first kappa shape index (κ1) is 32.7. The van der Waals surface area contributed by atoms with Gasteiger partial charge in [0.15, 0.2) is 0 Å². The Morgan fingerprint density at radius 3 is 2.59 bits per heavy atom. The highest BCUT2D eigenvalue weighted by Crippen LogP contribution is 2.44. The average Bonchev–Trinajstić information content (AvgIpc) is 2.86. The molecule has 0 fully saturated rings. The maximum atomic E-state index is 12.6. The van der Waals surface area contributed by atoms with E-state index in [0.717, 1.165) is 5.57 Å². The molecule has 3 N–H and O–H groups in total. The van der Waals surface area contributed by atoms with Gasteiger partial charge in [0, 0.05) is 12.3 Å². The Morgan fingerprint density at radius 2 is 1.90 bits per heavy atom. The van der Waals surface area contributed by atoms with Crippen LogP contribution in [-0.4, -0.2) is 83.2 Å².